The molecule has 1 heterocycles. The Balaban J connectivity index is 1.57. The Morgan fingerprint density at radius 3 is 1.98 bits per heavy atom. The van der Waals surface area contributed by atoms with E-state index in [2.05, 4.69) is 38.1 Å². The van der Waals surface area contributed by atoms with E-state index in [0.29, 0.717) is 12.2 Å². The van der Waals surface area contributed by atoms with Crippen molar-refractivity contribution >= 4 is 5.97 Å². The second-order valence-corrected chi connectivity index (χ2v) is 11.2. The maximum atomic E-state index is 15.0. The van der Waals surface area contributed by atoms with E-state index >= 15 is 4.39 Å². The van der Waals surface area contributed by atoms with Gasteiger partial charge in [0.25, 0.3) is 0 Å². The number of benzene rings is 2. The van der Waals surface area contributed by atoms with Crippen molar-refractivity contribution in [2.75, 3.05) is 0 Å². The highest BCUT2D eigenvalue weighted by atomic mass is 19.1. The van der Waals surface area contributed by atoms with Crippen molar-refractivity contribution in [3.05, 3.63) is 72.4 Å². The van der Waals surface area contributed by atoms with Crippen molar-refractivity contribution in [1.82, 2.24) is 4.98 Å². The zero-order valence-corrected chi connectivity index (χ0v) is 24.9. The molecule has 0 N–H and O–H groups in total. The molecule has 0 aliphatic rings. The maximum Gasteiger partial charge on any atom is 0.348 e. The van der Waals surface area contributed by atoms with Gasteiger partial charge in [0, 0.05) is 11.8 Å². The predicted molar refractivity (Wildman–Crippen MR) is 165 cm³/mol. The number of hydrogen-bond acceptors (Lipinski definition) is 3. The summed E-state index contributed by atoms with van der Waals surface area (Å²) in [5, 5.41) is 0. The maximum absolute atomic E-state index is 15.0. The van der Waals surface area contributed by atoms with Crippen molar-refractivity contribution in [2.24, 2.45) is 0 Å². The number of alkyl halides is 1. The lowest BCUT2D eigenvalue weighted by atomic mass is 9.96. The zero-order valence-electron chi connectivity index (χ0n) is 24.9. The van der Waals surface area contributed by atoms with Crippen LogP contribution in [0, 0.1) is 0 Å². The lowest BCUT2D eigenvalue weighted by molar-refractivity contribution is -0.147. The number of carbonyl (C=O) groups is 1. The second kappa shape index (κ2) is 16.9. The summed E-state index contributed by atoms with van der Waals surface area (Å²) in [5.74, 6) is -0.461. The molecular weight excluding hydrogens is 497 g/mol. The number of ether oxygens (including phenoxy) is 1. The van der Waals surface area contributed by atoms with Crippen LogP contribution in [0.2, 0.25) is 0 Å². The van der Waals surface area contributed by atoms with Crippen LogP contribution >= 0.6 is 0 Å². The predicted octanol–water partition coefficient (Wildman–Crippen LogP) is 10.7. The Morgan fingerprint density at radius 1 is 0.750 bits per heavy atom. The highest BCUT2D eigenvalue weighted by Gasteiger charge is 2.34. The minimum absolute atomic E-state index is 0.190. The van der Waals surface area contributed by atoms with E-state index in [1.165, 1.54) is 70.3 Å². The summed E-state index contributed by atoms with van der Waals surface area (Å²) in [6.07, 6.45) is 17.2. The van der Waals surface area contributed by atoms with Crippen molar-refractivity contribution < 1.29 is 13.9 Å². The van der Waals surface area contributed by atoms with Crippen LogP contribution < -0.4 is 4.74 Å². The number of halogens is 1. The zero-order chi connectivity index (χ0) is 28.6. The normalized spacial score (nSPS) is 12.7. The average molecular weight is 546 g/mol. The van der Waals surface area contributed by atoms with Crippen molar-refractivity contribution in [2.45, 2.75) is 116 Å². The van der Waals surface area contributed by atoms with E-state index in [1.807, 2.05) is 30.5 Å². The summed E-state index contributed by atoms with van der Waals surface area (Å²) in [4.78, 5) is 17.3. The Bertz CT molecular complexity index is 1140. The number of nitrogens with zero attached hydrogens (tertiary/aromatic N) is 1. The van der Waals surface area contributed by atoms with Gasteiger partial charge in [-0.3, -0.25) is 4.98 Å². The third-order valence-electron chi connectivity index (χ3n) is 7.65. The quantitative estimate of drug-likeness (QED) is 0.0906. The molecular formula is C36H48FNO2. The van der Waals surface area contributed by atoms with Gasteiger partial charge in [0.15, 0.2) is 0 Å². The topological polar surface area (TPSA) is 39.2 Å². The Morgan fingerprint density at radius 2 is 1.35 bits per heavy atom. The fourth-order valence-electron chi connectivity index (χ4n) is 5.05. The van der Waals surface area contributed by atoms with Crippen molar-refractivity contribution in [1.29, 1.82) is 0 Å². The van der Waals surface area contributed by atoms with Crippen LogP contribution in [-0.4, -0.2) is 16.6 Å². The fraction of sp³-hybridized carbons (Fsp3) is 0.500. The van der Waals surface area contributed by atoms with E-state index in [1.54, 1.807) is 12.1 Å². The van der Waals surface area contributed by atoms with Crippen LogP contribution in [0.5, 0.6) is 5.75 Å². The van der Waals surface area contributed by atoms with Crippen LogP contribution in [0.25, 0.3) is 22.4 Å². The minimum Gasteiger partial charge on any atom is -0.424 e. The number of unbranched alkanes of at least 4 members (excludes halogenated alkanes) is 10. The molecule has 1 aromatic heterocycles. The number of aromatic nitrogens is 1. The van der Waals surface area contributed by atoms with Crippen LogP contribution in [0.15, 0.2) is 66.9 Å². The largest absolute Gasteiger partial charge is 0.424 e. The molecule has 0 fully saturated rings. The van der Waals surface area contributed by atoms with E-state index in [0.717, 1.165) is 41.6 Å². The Kier molecular flexibility index (Phi) is 13.4. The minimum atomic E-state index is -1.98. The summed E-state index contributed by atoms with van der Waals surface area (Å²) in [6.45, 7) is 5.77. The molecule has 0 amide bonds. The molecule has 3 nitrogen and oxygen atoms in total. The molecule has 0 spiro atoms. The molecule has 0 bridgehead atoms. The number of pyridine rings is 1. The van der Waals surface area contributed by atoms with Gasteiger partial charge < -0.3 is 4.74 Å². The molecule has 1 unspecified atom stereocenters. The number of aryl methyl sites for hydroxylation is 1. The SMILES string of the molecule is CCCCCCCCCC(C)(F)C(=O)Oc1ccc(-c2ccccc2-c2ccc(CCCCCCC)cn2)cc1. The van der Waals surface area contributed by atoms with Crippen LogP contribution in [0.3, 0.4) is 0 Å². The molecule has 2 aromatic carbocycles. The number of hydrogen-bond donors (Lipinski definition) is 0. The lowest BCUT2D eigenvalue weighted by Crippen LogP contribution is -2.34. The van der Waals surface area contributed by atoms with Crippen LogP contribution in [0.1, 0.15) is 110 Å². The number of carbonyl (C=O) groups excluding carboxylic acids is 1. The van der Waals surface area contributed by atoms with Crippen molar-refractivity contribution in [3.8, 4) is 28.1 Å². The molecule has 0 saturated heterocycles. The van der Waals surface area contributed by atoms with Gasteiger partial charge in [-0.1, -0.05) is 121 Å². The van der Waals surface area contributed by atoms with Gasteiger partial charge in [-0.15, -0.1) is 0 Å². The first kappa shape index (κ1) is 31.5. The van der Waals surface area contributed by atoms with Gasteiger partial charge in [-0.25, -0.2) is 9.18 Å². The molecule has 0 saturated carbocycles. The molecule has 4 heteroatoms. The third-order valence-corrected chi connectivity index (χ3v) is 7.65. The molecule has 3 aromatic rings. The smallest absolute Gasteiger partial charge is 0.348 e. The molecule has 216 valence electrons. The summed E-state index contributed by atoms with van der Waals surface area (Å²) >= 11 is 0. The highest BCUT2D eigenvalue weighted by Crippen LogP contribution is 2.32. The summed E-state index contributed by atoms with van der Waals surface area (Å²) in [7, 11) is 0. The average Bonchev–Trinajstić information content (AvgIpc) is 2.97. The van der Waals surface area contributed by atoms with E-state index in [-0.39, 0.29) is 6.42 Å². The molecule has 3 rings (SSSR count). The molecule has 0 aliphatic carbocycles. The lowest BCUT2D eigenvalue weighted by Gasteiger charge is -2.18. The first-order valence-electron chi connectivity index (χ1n) is 15.5. The van der Waals surface area contributed by atoms with Crippen LogP contribution in [-0.2, 0) is 11.2 Å². The molecule has 40 heavy (non-hydrogen) atoms. The van der Waals surface area contributed by atoms with Crippen molar-refractivity contribution in [3.63, 3.8) is 0 Å². The van der Waals surface area contributed by atoms with E-state index in [4.69, 9.17) is 9.72 Å². The summed E-state index contributed by atoms with van der Waals surface area (Å²) in [6, 6.07) is 19.8. The molecule has 0 radical (unpaired) electrons. The third kappa shape index (κ3) is 10.2. The van der Waals surface area contributed by atoms with Gasteiger partial charge >= 0.3 is 5.97 Å². The highest BCUT2D eigenvalue weighted by molar-refractivity contribution is 5.83. The standard InChI is InChI=1S/C36H48FNO2/c1-4-6-8-10-11-13-17-27-36(3,37)35(39)40-31-24-22-30(23-25-31)32-19-15-16-20-33(32)34-26-21-29(28-38-34)18-14-12-9-7-5-2/h15-16,19-26,28H,4-14,17-18,27H2,1-3H3. The number of rotatable bonds is 18. The van der Waals surface area contributed by atoms with Gasteiger partial charge in [-0.05, 0) is 67.5 Å². The van der Waals surface area contributed by atoms with Crippen LogP contribution in [0.4, 0.5) is 4.39 Å². The summed E-state index contributed by atoms with van der Waals surface area (Å²) < 4.78 is 20.5. The first-order valence-corrected chi connectivity index (χ1v) is 15.5. The molecule has 1 atom stereocenters. The Hall–Kier alpha value is -3.01. The summed E-state index contributed by atoms with van der Waals surface area (Å²) in [5.41, 5.74) is 3.31. The van der Waals surface area contributed by atoms with Gasteiger partial charge in [0.05, 0.1) is 5.69 Å². The molecule has 0 aliphatic heterocycles. The monoisotopic (exact) mass is 545 g/mol. The van der Waals surface area contributed by atoms with E-state index in [9.17, 15) is 4.79 Å². The fourth-order valence-corrected chi connectivity index (χ4v) is 5.05. The first-order chi connectivity index (χ1) is 19.4. The van der Waals surface area contributed by atoms with Gasteiger partial charge in [0.1, 0.15) is 5.75 Å². The van der Waals surface area contributed by atoms with Gasteiger partial charge in [0.2, 0.25) is 5.67 Å². The second-order valence-electron chi connectivity index (χ2n) is 11.2. The number of esters is 1. The van der Waals surface area contributed by atoms with E-state index < -0.39 is 11.6 Å². The Labute approximate surface area is 241 Å². The van der Waals surface area contributed by atoms with Gasteiger partial charge in [-0.2, -0.15) is 0 Å².